The molecule has 0 spiro atoms. The van der Waals surface area contributed by atoms with Crippen LogP contribution >= 0.6 is 0 Å². The Balaban J connectivity index is 1.58. The Bertz CT molecular complexity index is 804. The van der Waals surface area contributed by atoms with E-state index < -0.39 is 5.41 Å². The first-order valence-corrected chi connectivity index (χ1v) is 9.34. The molecule has 6 heteroatoms. The van der Waals surface area contributed by atoms with E-state index in [1.807, 2.05) is 29.2 Å². The maximum Gasteiger partial charge on any atom is 0.234 e. The number of aromatic nitrogens is 1. The Labute approximate surface area is 153 Å². The molecule has 1 aliphatic carbocycles. The molecule has 26 heavy (non-hydrogen) atoms. The van der Waals surface area contributed by atoms with E-state index in [1.165, 1.54) is 0 Å². The standard InChI is InChI=1S/C20H24N2O4/c1-3-9-22(10-4-2)19(23)20(7-8-20)18-12-16(26-21-18)14-5-6-15-17(11-14)25-13-24-15/h5-6,11-12H,3-4,7-10,13H2,1-2H3. The molecular weight excluding hydrogens is 332 g/mol. The summed E-state index contributed by atoms with van der Waals surface area (Å²) < 4.78 is 16.3. The number of rotatable bonds is 7. The molecule has 0 saturated heterocycles. The number of ether oxygens (including phenoxy) is 2. The van der Waals surface area contributed by atoms with Gasteiger partial charge in [-0.25, -0.2) is 0 Å². The molecular formula is C20H24N2O4. The second-order valence-corrected chi connectivity index (χ2v) is 7.02. The third-order valence-corrected chi connectivity index (χ3v) is 5.09. The maximum absolute atomic E-state index is 13.1. The topological polar surface area (TPSA) is 64.8 Å². The summed E-state index contributed by atoms with van der Waals surface area (Å²) in [5.74, 6) is 2.27. The van der Waals surface area contributed by atoms with E-state index in [1.54, 1.807) is 0 Å². The van der Waals surface area contributed by atoms with Crippen LogP contribution in [0.4, 0.5) is 0 Å². The number of benzene rings is 1. The van der Waals surface area contributed by atoms with Crippen LogP contribution in [-0.4, -0.2) is 35.8 Å². The maximum atomic E-state index is 13.1. The fourth-order valence-corrected chi connectivity index (χ4v) is 3.55. The molecule has 138 valence electrons. The van der Waals surface area contributed by atoms with E-state index in [-0.39, 0.29) is 12.7 Å². The Hall–Kier alpha value is -2.50. The summed E-state index contributed by atoms with van der Waals surface area (Å²) in [5, 5.41) is 4.25. The van der Waals surface area contributed by atoms with Crippen molar-refractivity contribution in [3.05, 3.63) is 30.0 Å². The molecule has 6 nitrogen and oxygen atoms in total. The minimum atomic E-state index is -0.498. The van der Waals surface area contributed by atoms with Crippen LogP contribution in [0.5, 0.6) is 11.5 Å². The average Bonchev–Trinajstić information content (AvgIpc) is 3.08. The number of carbonyl (C=O) groups is 1. The number of fused-ring (bicyclic) bond motifs is 1. The van der Waals surface area contributed by atoms with Gasteiger partial charge in [0.25, 0.3) is 0 Å². The fraction of sp³-hybridized carbons (Fsp3) is 0.500. The number of nitrogens with zero attached hydrogens (tertiary/aromatic N) is 2. The summed E-state index contributed by atoms with van der Waals surface area (Å²) in [4.78, 5) is 15.1. The highest BCUT2D eigenvalue weighted by Crippen LogP contribution is 2.50. The predicted octanol–water partition coefficient (Wildman–Crippen LogP) is 3.75. The van der Waals surface area contributed by atoms with Crippen molar-refractivity contribution in [2.24, 2.45) is 0 Å². The molecule has 1 amide bonds. The van der Waals surface area contributed by atoms with Gasteiger partial charge in [-0.3, -0.25) is 4.79 Å². The largest absolute Gasteiger partial charge is 0.454 e. The van der Waals surface area contributed by atoms with Gasteiger partial charge in [0.2, 0.25) is 12.7 Å². The monoisotopic (exact) mass is 356 g/mol. The zero-order valence-corrected chi connectivity index (χ0v) is 15.3. The summed E-state index contributed by atoms with van der Waals surface area (Å²) in [6, 6.07) is 7.56. The van der Waals surface area contributed by atoms with Gasteiger partial charge in [-0.15, -0.1) is 0 Å². The van der Waals surface area contributed by atoms with Gasteiger partial charge in [-0.1, -0.05) is 19.0 Å². The van der Waals surface area contributed by atoms with Gasteiger partial charge in [-0.05, 0) is 43.9 Å². The van der Waals surface area contributed by atoms with Crippen LogP contribution in [0.2, 0.25) is 0 Å². The molecule has 0 bridgehead atoms. The normalized spacial score (nSPS) is 16.5. The molecule has 0 radical (unpaired) electrons. The van der Waals surface area contributed by atoms with Crippen molar-refractivity contribution in [2.45, 2.75) is 44.9 Å². The molecule has 2 aliphatic rings. The Kier molecular flexibility index (Phi) is 4.34. The van der Waals surface area contributed by atoms with Crippen molar-refractivity contribution in [2.75, 3.05) is 19.9 Å². The molecule has 2 heterocycles. The van der Waals surface area contributed by atoms with Gasteiger partial charge in [0.05, 0.1) is 11.1 Å². The lowest BCUT2D eigenvalue weighted by Crippen LogP contribution is -2.40. The first kappa shape index (κ1) is 16.9. The summed E-state index contributed by atoms with van der Waals surface area (Å²) in [6.07, 6.45) is 3.60. The molecule has 1 aliphatic heterocycles. The van der Waals surface area contributed by atoms with Crippen molar-refractivity contribution in [1.82, 2.24) is 10.1 Å². The molecule has 1 aromatic carbocycles. The van der Waals surface area contributed by atoms with Gasteiger partial charge >= 0.3 is 0 Å². The van der Waals surface area contributed by atoms with Crippen LogP contribution in [-0.2, 0) is 10.2 Å². The first-order valence-electron chi connectivity index (χ1n) is 9.34. The van der Waals surface area contributed by atoms with E-state index >= 15 is 0 Å². The summed E-state index contributed by atoms with van der Waals surface area (Å²) >= 11 is 0. The highest BCUT2D eigenvalue weighted by molar-refractivity contribution is 5.91. The quantitative estimate of drug-likeness (QED) is 0.756. The van der Waals surface area contributed by atoms with E-state index in [9.17, 15) is 4.79 Å². The second-order valence-electron chi connectivity index (χ2n) is 7.02. The van der Waals surface area contributed by atoms with Crippen LogP contribution in [0.25, 0.3) is 11.3 Å². The molecule has 2 aromatic rings. The minimum absolute atomic E-state index is 0.187. The lowest BCUT2D eigenvalue weighted by Gasteiger charge is -2.25. The van der Waals surface area contributed by atoms with Crippen molar-refractivity contribution in [1.29, 1.82) is 0 Å². The molecule has 0 atom stereocenters. The van der Waals surface area contributed by atoms with Crippen LogP contribution < -0.4 is 9.47 Å². The molecule has 1 saturated carbocycles. The Morgan fingerprint density at radius 2 is 1.85 bits per heavy atom. The van der Waals surface area contributed by atoms with Crippen LogP contribution in [0.1, 0.15) is 45.2 Å². The van der Waals surface area contributed by atoms with E-state index in [0.29, 0.717) is 11.5 Å². The molecule has 4 rings (SSSR count). The molecule has 0 unspecified atom stereocenters. The molecule has 1 fully saturated rings. The highest BCUT2D eigenvalue weighted by atomic mass is 16.7. The van der Waals surface area contributed by atoms with E-state index in [4.69, 9.17) is 14.0 Å². The highest BCUT2D eigenvalue weighted by Gasteiger charge is 2.55. The lowest BCUT2D eigenvalue weighted by atomic mass is 9.99. The van der Waals surface area contributed by atoms with Crippen LogP contribution in [0.3, 0.4) is 0 Å². The smallest absolute Gasteiger partial charge is 0.234 e. The number of hydrogen-bond acceptors (Lipinski definition) is 5. The molecule has 0 N–H and O–H groups in total. The van der Waals surface area contributed by atoms with Gasteiger partial charge in [0.1, 0.15) is 0 Å². The van der Waals surface area contributed by atoms with Gasteiger partial charge in [0.15, 0.2) is 17.3 Å². The van der Waals surface area contributed by atoms with Crippen LogP contribution in [0, 0.1) is 0 Å². The SMILES string of the molecule is CCCN(CCC)C(=O)C1(c2cc(-c3ccc4c(c3)OCO4)on2)CC1. The van der Waals surface area contributed by atoms with Gasteiger partial charge in [-0.2, -0.15) is 0 Å². The lowest BCUT2D eigenvalue weighted by molar-refractivity contribution is -0.134. The van der Waals surface area contributed by atoms with E-state index in [0.717, 1.165) is 55.8 Å². The van der Waals surface area contributed by atoms with Crippen molar-refractivity contribution >= 4 is 5.91 Å². The number of hydrogen-bond donors (Lipinski definition) is 0. The average molecular weight is 356 g/mol. The minimum Gasteiger partial charge on any atom is -0.454 e. The van der Waals surface area contributed by atoms with Crippen molar-refractivity contribution in [3.63, 3.8) is 0 Å². The summed E-state index contributed by atoms with van der Waals surface area (Å²) in [5.41, 5.74) is 1.12. The zero-order chi connectivity index (χ0) is 18.1. The fourth-order valence-electron chi connectivity index (χ4n) is 3.55. The number of amides is 1. The third kappa shape index (κ3) is 2.83. The Morgan fingerprint density at radius 1 is 1.12 bits per heavy atom. The first-order chi connectivity index (χ1) is 12.7. The third-order valence-electron chi connectivity index (χ3n) is 5.09. The van der Waals surface area contributed by atoms with Crippen molar-refractivity contribution < 1.29 is 18.8 Å². The van der Waals surface area contributed by atoms with E-state index in [2.05, 4.69) is 19.0 Å². The predicted molar refractivity (Wildman–Crippen MR) is 96.1 cm³/mol. The van der Waals surface area contributed by atoms with Gasteiger partial charge < -0.3 is 18.9 Å². The molecule has 1 aromatic heterocycles. The summed E-state index contributed by atoms with van der Waals surface area (Å²) in [6.45, 7) is 6.03. The summed E-state index contributed by atoms with van der Waals surface area (Å²) in [7, 11) is 0. The van der Waals surface area contributed by atoms with Gasteiger partial charge in [0, 0.05) is 24.7 Å². The van der Waals surface area contributed by atoms with Crippen LogP contribution in [0.15, 0.2) is 28.8 Å². The Morgan fingerprint density at radius 3 is 2.54 bits per heavy atom. The second kappa shape index (κ2) is 6.67. The number of carbonyl (C=O) groups excluding carboxylic acids is 1. The van der Waals surface area contributed by atoms with Crippen molar-refractivity contribution in [3.8, 4) is 22.8 Å². The zero-order valence-electron chi connectivity index (χ0n) is 15.3.